The molecule has 1 nitrogen and oxygen atoms in total. The van der Waals surface area contributed by atoms with Crippen molar-refractivity contribution in [2.75, 3.05) is 0 Å². The van der Waals surface area contributed by atoms with Crippen LogP contribution < -0.4 is 0 Å². The third-order valence-electron chi connectivity index (χ3n) is 1.71. The van der Waals surface area contributed by atoms with Crippen molar-refractivity contribution in [3.8, 4) is 0 Å². The number of benzene rings is 1. The van der Waals surface area contributed by atoms with Crippen LogP contribution in [0.15, 0.2) is 33.3 Å². The third-order valence-corrected chi connectivity index (χ3v) is 3.42. The maximum Gasteiger partial charge on any atom is 0.0900 e. The number of nitrogens with zero attached hydrogens (tertiary/aromatic N) is 1. The highest BCUT2D eigenvalue weighted by molar-refractivity contribution is 9.10. The summed E-state index contributed by atoms with van der Waals surface area (Å²) in [7, 11) is 0. The van der Waals surface area contributed by atoms with E-state index in [1.165, 1.54) is 0 Å². The minimum atomic E-state index is 0.657. The first-order chi connectivity index (χ1) is 6.18. The van der Waals surface area contributed by atoms with Crippen LogP contribution in [0.2, 0.25) is 5.02 Å². The second kappa shape index (κ2) is 3.56. The van der Waals surface area contributed by atoms with Gasteiger partial charge in [-0.2, -0.15) is 0 Å². The van der Waals surface area contributed by atoms with E-state index in [0.717, 1.165) is 19.8 Å². The molecule has 0 radical (unpaired) electrons. The molecule has 1 heterocycles. The Balaban J connectivity index is 2.87. The quantitative estimate of drug-likeness (QED) is 0.700. The van der Waals surface area contributed by atoms with Crippen LogP contribution in [0.25, 0.3) is 10.9 Å². The van der Waals surface area contributed by atoms with Gasteiger partial charge in [0.1, 0.15) is 0 Å². The van der Waals surface area contributed by atoms with Gasteiger partial charge in [0.2, 0.25) is 0 Å². The molecular formula is C9H4Br2ClN. The molecule has 0 bridgehead atoms. The minimum Gasteiger partial charge on any atom is -0.253 e. The molecule has 0 N–H and O–H groups in total. The van der Waals surface area contributed by atoms with Crippen LogP contribution >= 0.6 is 43.5 Å². The van der Waals surface area contributed by atoms with Gasteiger partial charge in [0.15, 0.2) is 0 Å². The molecule has 0 amide bonds. The van der Waals surface area contributed by atoms with Crippen LogP contribution in [0, 0.1) is 0 Å². The zero-order chi connectivity index (χ0) is 9.42. The van der Waals surface area contributed by atoms with Crippen molar-refractivity contribution in [1.29, 1.82) is 0 Å². The van der Waals surface area contributed by atoms with Crippen molar-refractivity contribution < 1.29 is 0 Å². The van der Waals surface area contributed by atoms with Gasteiger partial charge in [-0.25, -0.2) is 0 Å². The number of halogens is 3. The Morgan fingerprint density at radius 2 is 2.00 bits per heavy atom. The van der Waals surface area contributed by atoms with Crippen molar-refractivity contribution in [2.45, 2.75) is 0 Å². The monoisotopic (exact) mass is 319 g/mol. The summed E-state index contributed by atoms with van der Waals surface area (Å²) in [5.41, 5.74) is 0.819. The number of hydrogen-bond acceptors (Lipinski definition) is 1. The molecule has 2 rings (SSSR count). The van der Waals surface area contributed by atoms with Gasteiger partial charge >= 0.3 is 0 Å². The first-order valence-corrected chi connectivity index (χ1v) is 5.54. The zero-order valence-corrected chi connectivity index (χ0v) is 10.3. The summed E-state index contributed by atoms with van der Waals surface area (Å²) in [6.45, 7) is 0. The van der Waals surface area contributed by atoms with Crippen LogP contribution in [-0.4, -0.2) is 4.98 Å². The summed E-state index contributed by atoms with van der Waals surface area (Å²) in [6, 6.07) is 5.88. The third kappa shape index (κ3) is 1.73. The number of hydrogen-bond donors (Lipinski definition) is 0. The Morgan fingerprint density at radius 3 is 2.77 bits per heavy atom. The second-order valence-corrected chi connectivity index (χ2v) is 4.73. The van der Waals surface area contributed by atoms with Gasteiger partial charge < -0.3 is 0 Å². The van der Waals surface area contributed by atoms with Gasteiger partial charge in [-0.1, -0.05) is 17.7 Å². The number of rotatable bonds is 0. The van der Waals surface area contributed by atoms with E-state index in [1.54, 1.807) is 6.20 Å². The summed E-state index contributed by atoms with van der Waals surface area (Å²) in [5, 5.41) is 1.69. The summed E-state index contributed by atoms with van der Waals surface area (Å²) >= 11 is 12.8. The molecule has 1 aromatic carbocycles. The first-order valence-electron chi connectivity index (χ1n) is 3.58. The predicted octanol–water partition coefficient (Wildman–Crippen LogP) is 4.41. The molecule has 0 aliphatic carbocycles. The van der Waals surface area contributed by atoms with Crippen LogP contribution in [0.1, 0.15) is 0 Å². The molecule has 0 saturated carbocycles. The van der Waals surface area contributed by atoms with Crippen LogP contribution in [0.3, 0.4) is 0 Å². The largest absolute Gasteiger partial charge is 0.253 e. The summed E-state index contributed by atoms with van der Waals surface area (Å²) in [4.78, 5) is 4.23. The molecule has 2 aromatic rings. The molecule has 13 heavy (non-hydrogen) atoms. The highest BCUT2D eigenvalue weighted by Gasteiger charge is 2.04. The molecule has 0 atom stereocenters. The van der Waals surface area contributed by atoms with Gasteiger partial charge in [0.05, 0.1) is 10.5 Å². The molecule has 0 saturated heterocycles. The van der Waals surface area contributed by atoms with Gasteiger partial charge in [-0.3, -0.25) is 4.98 Å². The molecule has 0 fully saturated rings. The average molecular weight is 321 g/mol. The van der Waals surface area contributed by atoms with E-state index in [0.29, 0.717) is 5.02 Å². The van der Waals surface area contributed by atoms with Crippen molar-refractivity contribution >= 4 is 54.4 Å². The van der Waals surface area contributed by atoms with E-state index in [9.17, 15) is 0 Å². The van der Waals surface area contributed by atoms with E-state index in [1.807, 2.05) is 18.2 Å². The first kappa shape index (κ1) is 9.44. The Morgan fingerprint density at radius 1 is 1.23 bits per heavy atom. The molecule has 0 spiro atoms. The predicted molar refractivity (Wildman–Crippen MR) is 62.2 cm³/mol. The Labute approximate surface area is 97.4 Å². The minimum absolute atomic E-state index is 0.657. The highest BCUT2D eigenvalue weighted by atomic mass is 79.9. The van der Waals surface area contributed by atoms with Crippen molar-refractivity contribution in [1.82, 2.24) is 4.98 Å². The molecule has 4 heteroatoms. The number of aromatic nitrogens is 1. The number of pyridine rings is 1. The smallest absolute Gasteiger partial charge is 0.0900 e. The summed E-state index contributed by atoms with van der Waals surface area (Å²) in [5.74, 6) is 0. The van der Waals surface area contributed by atoms with E-state index >= 15 is 0 Å². The lowest BCUT2D eigenvalue weighted by Gasteiger charge is -2.01. The van der Waals surface area contributed by atoms with Gasteiger partial charge in [-0.15, -0.1) is 0 Å². The topological polar surface area (TPSA) is 12.9 Å². The molecule has 0 unspecified atom stereocenters. The van der Waals surface area contributed by atoms with Gasteiger partial charge in [-0.05, 0) is 44.0 Å². The molecule has 66 valence electrons. The van der Waals surface area contributed by atoms with Crippen LogP contribution in [0.5, 0.6) is 0 Å². The van der Waals surface area contributed by atoms with E-state index in [-0.39, 0.29) is 0 Å². The average Bonchev–Trinajstić information content (AvgIpc) is 2.12. The summed E-state index contributed by atoms with van der Waals surface area (Å²) in [6.07, 6.45) is 1.74. The molecule has 1 aromatic heterocycles. The fourth-order valence-corrected chi connectivity index (χ4v) is 2.00. The Bertz CT molecular complexity index is 470. The maximum absolute atomic E-state index is 6.05. The van der Waals surface area contributed by atoms with E-state index in [2.05, 4.69) is 36.8 Å². The zero-order valence-electron chi connectivity index (χ0n) is 6.39. The van der Waals surface area contributed by atoms with Crippen molar-refractivity contribution in [2.24, 2.45) is 0 Å². The second-order valence-electron chi connectivity index (χ2n) is 2.59. The van der Waals surface area contributed by atoms with Crippen LogP contribution in [0.4, 0.5) is 0 Å². The SMILES string of the molecule is Clc1c(Br)ccc2cc(Br)cnc12. The van der Waals surface area contributed by atoms with E-state index < -0.39 is 0 Å². The maximum atomic E-state index is 6.05. The Kier molecular flexibility index (Phi) is 2.58. The lowest BCUT2D eigenvalue weighted by Crippen LogP contribution is -1.80. The normalized spacial score (nSPS) is 10.7. The number of fused-ring (bicyclic) bond motifs is 1. The van der Waals surface area contributed by atoms with Crippen LogP contribution in [-0.2, 0) is 0 Å². The van der Waals surface area contributed by atoms with Gasteiger partial charge in [0.25, 0.3) is 0 Å². The standard InChI is InChI=1S/C9H4Br2ClN/c10-6-3-5-1-2-7(11)8(12)9(5)13-4-6/h1-4H. The molecule has 0 aliphatic rings. The van der Waals surface area contributed by atoms with Crippen molar-refractivity contribution in [3.05, 3.63) is 38.4 Å². The summed E-state index contributed by atoms with van der Waals surface area (Å²) < 4.78 is 1.83. The lowest BCUT2D eigenvalue weighted by molar-refractivity contribution is 1.39. The van der Waals surface area contributed by atoms with E-state index in [4.69, 9.17) is 11.6 Å². The Hall–Kier alpha value is -0.120. The fraction of sp³-hybridized carbons (Fsp3) is 0. The molecular weight excluding hydrogens is 317 g/mol. The van der Waals surface area contributed by atoms with Gasteiger partial charge in [0, 0.05) is 20.5 Å². The molecule has 0 aliphatic heterocycles. The fourth-order valence-electron chi connectivity index (χ4n) is 1.11. The highest BCUT2D eigenvalue weighted by Crippen LogP contribution is 2.30. The van der Waals surface area contributed by atoms with Crippen molar-refractivity contribution in [3.63, 3.8) is 0 Å². The lowest BCUT2D eigenvalue weighted by atomic mass is 10.2.